The van der Waals surface area contributed by atoms with E-state index in [-0.39, 0.29) is 0 Å². The fourth-order valence-corrected chi connectivity index (χ4v) is 3.23. The number of piperazine rings is 1. The Balaban J connectivity index is 1.37. The Bertz CT molecular complexity index is 469. The van der Waals surface area contributed by atoms with Crippen LogP contribution in [0.3, 0.4) is 0 Å². The molecule has 5 heteroatoms. The Labute approximate surface area is 139 Å². The Morgan fingerprint density at radius 1 is 1.13 bits per heavy atom. The molecule has 5 nitrogen and oxygen atoms in total. The molecule has 1 aromatic carbocycles. The molecule has 2 aliphatic rings. The molecule has 0 aliphatic carbocycles. The van der Waals surface area contributed by atoms with Crippen LogP contribution < -0.4 is 4.74 Å². The lowest BCUT2D eigenvalue weighted by Gasteiger charge is -2.35. The molecule has 1 aromatic rings. The van der Waals surface area contributed by atoms with Crippen molar-refractivity contribution in [3.8, 4) is 5.75 Å². The van der Waals surface area contributed by atoms with Crippen molar-refractivity contribution in [2.75, 3.05) is 59.7 Å². The molecule has 0 amide bonds. The molecule has 3 rings (SSSR count). The highest BCUT2D eigenvalue weighted by molar-refractivity contribution is 5.28. The molecule has 0 saturated carbocycles. The Kier molecular flexibility index (Phi) is 6.28. The van der Waals surface area contributed by atoms with Gasteiger partial charge in [0.15, 0.2) is 0 Å². The zero-order valence-electron chi connectivity index (χ0n) is 14.1. The van der Waals surface area contributed by atoms with Gasteiger partial charge in [0, 0.05) is 39.3 Å². The number of rotatable bonds is 6. The van der Waals surface area contributed by atoms with Gasteiger partial charge >= 0.3 is 0 Å². The number of methoxy groups -OCH3 is 1. The Morgan fingerprint density at radius 3 is 2.70 bits per heavy atom. The second-order valence-electron chi connectivity index (χ2n) is 6.33. The molecule has 2 fully saturated rings. The van der Waals surface area contributed by atoms with Crippen molar-refractivity contribution in [2.45, 2.75) is 19.1 Å². The van der Waals surface area contributed by atoms with Crippen molar-refractivity contribution in [2.24, 2.45) is 0 Å². The van der Waals surface area contributed by atoms with Crippen molar-refractivity contribution in [1.82, 2.24) is 9.80 Å². The van der Waals surface area contributed by atoms with E-state index in [1.54, 1.807) is 7.11 Å². The molecular weight excluding hydrogens is 292 g/mol. The van der Waals surface area contributed by atoms with Crippen LogP contribution in [0.2, 0.25) is 0 Å². The fraction of sp³-hybridized carbons (Fsp3) is 0.667. The molecule has 1 unspecified atom stereocenters. The van der Waals surface area contributed by atoms with Gasteiger partial charge in [-0.2, -0.15) is 0 Å². The Morgan fingerprint density at radius 2 is 1.96 bits per heavy atom. The number of hydrogen-bond acceptors (Lipinski definition) is 5. The van der Waals surface area contributed by atoms with Gasteiger partial charge in [-0.1, -0.05) is 12.1 Å². The number of ether oxygens (including phenoxy) is 3. The molecule has 0 spiro atoms. The summed E-state index contributed by atoms with van der Waals surface area (Å²) in [6.07, 6.45) is 1.37. The highest BCUT2D eigenvalue weighted by atomic mass is 16.6. The molecule has 2 aliphatic heterocycles. The average Bonchev–Trinajstić information content (AvgIpc) is 2.62. The van der Waals surface area contributed by atoms with Gasteiger partial charge in [0.2, 0.25) is 0 Å². The van der Waals surface area contributed by atoms with Crippen molar-refractivity contribution >= 4 is 0 Å². The van der Waals surface area contributed by atoms with E-state index in [0.29, 0.717) is 6.10 Å². The third-order valence-electron chi connectivity index (χ3n) is 4.66. The van der Waals surface area contributed by atoms with Crippen LogP contribution >= 0.6 is 0 Å². The summed E-state index contributed by atoms with van der Waals surface area (Å²) in [5, 5.41) is 0. The summed E-state index contributed by atoms with van der Waals surface area (Å²) >= 11 is 0. The third kappa shape index (κ3) is 5.18. The first-order chi connectivity index (χ1) is 11.3. The van der Waals surface area contributed by atoms with Crippen LogP contribution in [-0.4, -0.2) is 75.6 Å². The van der Waals surface area contributed by atoms with E-state index in [2.05, 4.69) is 28.0 Å². The average molecular weight is 320 g/mol. The van der Waals surface area contributed by atoms with Crippen molar-refractivity contribution in [3.63, 3.8) is 0 Å². The maximum Gasteiger partial charge on any atom is 0.119 e. The lowest BCUT2D eigenvalue weighted by atomic mass is 10.1. The quantitative estimate of drug-likeness (QED) is 0.796. The van der Waals surface area contributed by atoms with Crippen LogP contribution in [0.1, 0.15) is 12.0 Å². The minimum Gasteiger partial charge on any atom is -0.497 e. The lowest BCUT2D eigenvalue weighted by Crippen LogP contribution is -2.47. The van der Waals surface area contributed by atoms with Crippen LogP contribution in [0, 0.1) is 0 Å². The molecule has 0 aromatic heterocycles. The highest BCUT2D eigenvalue weighted by Gasteiger charge is 2.20. The van der Waals surface area contributed by atoms with E-state index in [1.165, 1.54) is 5.56 Å². The van der Waals surface area contributed by atoms with Gasteiger partial charge in [0.25, 0.3) is 0 Å². The van der Waals surface area contributed by atoms with Crippen LogP contribution in [0.4, 0.5) is 0 Å². The van der Waals surface area contributed by atoms with Gasteiger partial charge in [-0.05, 0) is 24.1 Å². The van der Waals surface area contributed by atoms with E-state index in [1.807, 2.05) is 6.07 Å². The maximum absolute atomic E-state index is 5.72. The summed E-state index contributed by atoms with van der Waals surface area (Å²) in [5.41, 5.74) is 1.32. The van der Waals surface area contributed by atoms with E-state index in [9.17, 15) is 0 Å². The second-order valence-corrected chi connectivity index (χ2v) is 6.33. The number of hydrogen-bond donors (Lipinski definition) is 0. The van der Waals surface area contributed by atoms with E-state index >= 15 is 0 Å². The fourth-order valence-electron chi connectivity index (χ4n) is 3.23. The predicted molar refractivity (Wildman–Crippen MR) is 89.9 cm³/mol. The van der Waals surface area contributed by atoms with Gasteiger partial charge < -0.3 is 19.1 Å². The van der Waals surface area contributed by atoms with Gasteiger partial charge in [-0.25, -0.2) is 0 Å². The summed E-state index contributed by atoms with van der Waals surface area (Å²) in [6, 6.07) is 8.37. The second kappa shape index (κ2) is 8.64. The number of benzene rings is 1. The van der Waals surface area contributed by atoms with Crippen LogP contribution in [0.15, 0.2) is 24.3 Å². The standard InChI is InChI=1S/C18H28N2O3/c1-21-17-4-2-3-16(13-17)14-20-9-7-19(8-10-20)6-5-18-15-22-11-12-23-18/h2-4,13,18H,5-12,14-15H2,1H3. The van der Waals surface area contributed by atoms with Crippen molar-refractivity contribution in [1.29, 1.82) is 0 Å². The molecule has 2 heterocycles. The minimum absolute atomic E-state index is 0.290. The van der Waals surface area contributed by atoms with E-state index < -0.39 is 0 Å². The first kappa shape index (κ1) is 16.7. The van der Waals surface area contributed by atoms with E-state index in [4.69, 9.17) is 14.2 Å². The minimum atomic E-state index is 0.290. The molecule has 0 bridgehead atoms. The van der Waals surface area contributed by atoms with Crippen LogP contribution in [0.25, 0.3) is 0 Å². The predicted octanol–water partition coefficient (Wildman–Crippen LogP) is 1.62. The molecule has 128 valence electrons. The summed E-state index contributed by atoms with van der Waals surface area (Å²) in [6.45, 7) is 8.90. The van der Waals surface area contributed by atoms with Gasteiger partial charge in [-0.3, -0.25) is 4.90 Å². The highest BCUT2D eigenvalue weighted by Crippen LogP contribution is 2.15. The smallest absolute Gasteiger partial charge is 0.119 e. The SMILES string of the molecule is COc1cccc(CN2CCN(CCC3COCCO3)CC2)c1. The van der Waals surface area contributed by atoms with Crippen molar-refractivity contribution < 1.29 is 14.2 Å². The topological polar surface area (TPSA) is 34.2 Å². The van der Waals surface area contributed by atoms with Gasteiger partial charge in [0.1, 0.15) is 5.75 Å². The zero-order valence-corrected chi connectivity index (χ0v) is 14.1. The largest absolute Gasteiger partial charge is 0.497 e. The molecule has 0 radical (unpaired) electrons. The molecule has 1 atom stereocenters. The molecule has 23 heavy (non-hydrogen) atoms. The summed E-state index contributed by atoms with van der Waals surface area (Å²) in [5.74, 6) is 0.941. The molecule has 0 N–H and O–H groups in total. The third-order valence-corrected chi connectivity index (χ3v) is 4.66. The van der Waals surface area contributed by atoms with Crippen LogP contribution in [0.5, 0.6) is 5.75 Å². The van der Waals surface area contributed by atoms with E-state index in [0.717, 1.165) is 71.3 Å². The summed E-state index contributed by atoms with van der Waals surface area (Å²) in [7, 11) is 1.72. The lowest BCUT2D eigenvalue weighted by molar-refractivity contribution is -0.0933. The summed E-state index contributed by atoms with van der Waals surface area (Å²) in [4.78, 5) is 5.06. The first-order valence-electron chi connectivity index (χ1n) is 8.60. The zero-order chi connectivity index (χ0) is 15.9. The van der Waals surface area contributed by atoms with Crippen LogP contribution in [-0.2, 0) is 16.0 Å². The molecular formula is C18H28N2O3. The normalized spacial score (nSPS) is 23.8. The molecule has 2 saturated heterocycles. The maximum atomic E-state index is 5.72. The monoisotopic (exact) mass is 320 g/mol. The van der Waals surface area contributed by atoms with Crippen molar-refractivity contribution in [3.05, 3.63) is 29.8 Å². The van der Waals surface area contributed by atoms with Gasteiger partial charge in [0.05, 0.1) is 33.0 Å². The summed E-state index contributed by atoms with van der Waals surface area (Å²) < 4.78 is 16.5. The Hall–Kier alpha value is -1.14. The number of nitrogens with zero attached hydrogens (tertiary/aromatic N) is 2. The first-order valence-corrected chi connectivity index (χ1v) is 8.60. The van der Waals surface area contributed by atoms with Gasteiger partial charge in [-0.15, -0.1) is 0 Å².